The number of nitrogens with zero attached hydrogens (tertiary/aromatic N) is 1. The van der Waals surface area contributed by atoms with E-state index >= 15 is 0 Å². The Kier molecular flexibility index (Phi) is 8.41. The lowest BCUT2D eigenvalue weighted by molar-refractivity contribution is 0.0165. The fraction of sp³-hybridized carbons (Fsp3) is 0.522. The lowest BCUT2D eigenvalue weighted by Gasteiger charge is -2.32. The molecule has 1 aromatic heterocycles. The van der Waals surface area contributed by atoms with Crippen molar-refractivity contribution in [3.63, 3.8) is 0 Å². The lowest BCUT2D eigenvalue weighted by atomic mass is 9.88. The second-order valence-electron chi connectivity index (χ2n) is 7.96. The van der Waals surface area contributed by atoms with Gasteiger partial charge in [0.1, 0.15) is 5.76 Å². The van der Waals surface area contributed by atoms with Gasteiger partial charge >= 0.3 is 0 Å². The van der Waals surface area contributed by atoms with Crippen LogP contribution in [0.1, 0.15) is 43.1 Å². The van der Waals surface area contributed by atoms with Crippen LogP contribution in [0.25, 0.3) is 0 Å². The number of aryl methyl sites for hydroxylation is 1. The second kappa shape index (κ2) is 11.0. The van der Waals surface area contributed by atoms with Gasteiger partial charge in [0, 0.05) is 31.7 Å². The van der Waals surface area contributed by atoms with Gasteiger partial charge in [-0.25, -0.2) is 0 Å². The fourth-order valence-corrected chi connectivity index (χ4v) is 4.20. The highest BCUT2D eigenvalue weighted by molar-refractivity contribution is 14.0. The molecule has 0 spiro atoms. The Hall–Kier alpha value is -1.54. The third kappa shape index (κ3) is 6.47. The van der Waals surface area contributed by atoms with Gasteiger partial charge in [-0.3, -0.25) is 4.99 Å². The van der Waals surface area contributed by atoms with Crippen LogP contribution in [0.3, 0.4) is 0 Å². The molecule has 0 bridgehead atoms. The monoisotopic (exact) mass is 509 g/mol. The van der Waals surface area contributed by atoms with E-state index in [0.29, 0.717) is 24.7 Å². The minimum absolute atomic E-state index is 0. The summed E-state index contributed by atoms with van der Waals surface area (Å²) in [7, 11) is 0. The highest BCUT2D eigenvalue weighted by Gasteiger charge is 2.23. The van der Waals surface area contributed by atoms with E-state index in [4.69, 9.17) is 14.1 Å². The predicted octanol–water partition coefficient (Wildman–Crippen LogP) is 4.10. The van der Waals surface area contributed by atoms with Crippen LogP contribution in [-0.2, 0) is 24.0 Å². The normalized spacial score (nSPS) is 24.3. The molecule has 1 aromatic carbocycles. The number of fused-ring (bicyclic) bond motifs is 1. The highest BCUT2D eigenvalue weighted by atomic mass is 127. The highest BCUT2D eigenvalue weighted by Crippen LogP contribution is 2.21. The molecule has 158 valence electrons. The first-order valence-electron chi connectivity index (χ1n) is 10.5. The van der Waals surface area contributed by atoms with E-state index in [-0.39, 0.29) is 24.0 Å². The van der Waals surface area contributed by atoms with Gasteiger partial charge in [-0.2, -0.15) is 0 Å². The van der Waals surface area contributed by atoms with E-state index in [1.54, 1.807) is 6.26 Å². The predicted molar refractivity (Wildman–Crippen MR) is 127 cm³/mol. The van der Waals surface area contributed by atoms with Crippen molar-refractivity contribution in [1.82, 2.24) is 10.6 Å². The van der Waals surface area contributed by atoms with Crippen molar-refractivity contribution >= 4 is 29.9 Å². The number of halogens is 1. The average molecular weight is 509 g/mol. The van der Waals surface area contributed by atoms with Crippen LogP contribution in [0.5, 0.6) is 0 Å². The molecule has 1 saturated heterocycles. The fourth-order valence-electron chi connectivity index (χ4n) is 4.20. The molecule has 0 amide bonds. The van der Waals surface area contributed by atoms with Gasteiger partial charge in [0.15, 0.2) is 5.96 Å². The quantitative estimate of drug-likeness (QED) is 0.362. The zero-order valence-corrected chi connectivity index (χ0v) is 19.4. The summed E-state index contributed by atoms with van der Waals surface area (Å²) in [6.07, 6.45) is 8.21. The first-order chi connectivity index (χ1) is 13.8. The Morgan fingerprint density at radius 1 is 1.07 bits per heavy atom. The zero-order valence-electron chi connectivity index (χ0n) is 17.1. The summed E-state index contributed by atoms with van der Waals surface area (Å²) in [5, 5.41) is 7.37. The maximum atomic E-state index is 5.70. The molecule has 0 radical (unpaired) electrons. The van der Waals surface area contributed by atoms with E-state index in [0.717, 1.165) is 56.9 Å². The number of furan rings is 1. The van der Waals surface area contributed by atoms with E-state index in [2.05, 4.69) is 41.8 Å². The minimum atomic E-state index is 0. The van der Waals surface area contributed by atoms with Gasteiger partial charge in [0.2, 0.25) is 0 Å². The van der Waals surface area contributed by atoms with Crippen molar-refractivity contribution in [2.24, 2.45) is 4.99 Å². The molecule has 2 N–H and O–H groups in total. The van der Waals surface area contributed by atoms with Crippen molar-refractivity contribution in [3.05, 3.63) is 59.5 Å². The summed E-state index contributed by atoms with van der Waals surface area (Å²) < 4.78 is 11.1. The Labute approximate surface area is 190 Å². The van der Waals surface area contributed by atoms with Crippen LogP contribution in [0.2, 0.25) is 0 Å². The summed E-state index contributed by atoms with van der Waals surface area (Å²) in [5.41, 5.74) is 2.95. The number of aliphatic imine (C=N–C) groups is 1. The first kappa shape index (κ1) is 22.2. The van der Waals surface area contributed by atoms with Gasteiger partial charge in [-0.1, -0.05) is 24.3 Å². The van der Waals surface area contributed by atoms with E-state index in [9.17, 15) is 0 Å². The van der Waals surface area contributed by atoms with Crippen molar-refractivity contribution < 1.29 is 9.15 Å². The zero-order chi connectivity index (χ0) is 19.2. The van der Waals surface area contributed by atoms with Crippen LogP contribution < -0.4 is 10.6 Å². The second-order valence-corrected chi connectivity index (χ2v) is 7.96. The molecule has 6 heteroatoms. The van der Waals surface area contributed by atoms with Crippen LogP contribution in [0.4, 0.5) is 0 Å². The van der Waals surface area contributed by atoms with Crippen molar-refractivity contribution in [1.29, 1.82) is 0 Å². The molecule has 3 atom stereocenters. The standard InChI is InChI=1S/C23H31N3O2.HI/c1-17-15-21(11-14-27-17)26-23(24-12-10-22-7-4-13-28-22)25-20-9-8-18-5-2-3-6-19(18)16-20;/h2-7,13,17,20-21H,8-12,14-16H2,1H3,(H2,24,25,26);1H. The van der Waals surface area contributed by atoms with Crippen molar-refractivity contribution in [3.8, 4) is 0 Å². The molecule has 1 aliphatic carbocycles. The van der Waals surface area contributed by atoms with Crippen LogP contribution >= 0.6 is 24.0 Å². The van der Waals surface area contributed by atoms with E-state index in [1.807, 2.05) is 12.1 Å². The Bertz CT molecular complexity index is 778. The molecule has 5 nitrogen and oxygen atoms in total. The first-order valence-corrected chi connectivity index (χ1v) is 10.5. The van der Waals surface area contributed by atoms with Crippen molar-refractivity contribution in [2.75, 3.05) is 13.2 Å². The molecular weight excluding hydrogens is 477 g/mol. The molecule has 1 fully saturated rings. The molecule has 2 aliphatic rings. The van der Waals surface area contributed by atoms with E-state index < -0.39 is 0 Å². The smallest absolute Gasteiger partial charge is 0.191 e. The molecule has 29 heavy (non-hydrogen) atoms. The van der Waals surface area contributed by atoms with Crippen LogP contribution in [0, 0.1) is 0 Å². The maximum Gasteiger partial charge on any atom is 0.191 e. The molecule has 1 aliphatic heterocycles. The minimum Gasteiger partial charge on any atom is -0.469 e. The third-order valence-corrected chi connectivity index (χ3v) is 5.72. The molecule has 3 unspecified atom stereocenters. The van der Waals surface area contributed by atoms with Gasteiger partial charge in [0.05, 0.1) is 12.4 Å². The number of benzene rings is 1. The van der Waals surface area contributed by atoms with Gasteiger partial charge < -0.3 is 19.8 Å². The number of nitrogens with one attached hydrogen (secondary N) is 2. The maximum absolute atomic E-state index is 5.70. The Morgan fingerprint density at radius 3 is 2.69 bits per heavy atom. The van der Waals surface area contributed by atoms with Gasteiger partial charge in [-0.05, 0) is 62.3 Å². The van der Waals surface area contributed by atoms with Crippen LogP contribution in [0.15, 0.2) is 52.1 Å². The topological polar surface area (TPSA) is 58.8 Å². The van der Waals surface area contributed by atoms with E-state index in [1.165, 1.54) is 11.1 Å². The summed E-state index contributed by atoms with van der Waals surface area (Å²) in [6.45, 7) is 3.67. The molecule has 4 rings (SSSR count). The number of rotatable bonds is 5. The van der Waals surface area contributed by atoms with Crippen molar-refractivity contribution in [2.45, 2.75) is 63.6 Å². The van der Waals surface area contributed by atoms with Gasteiger partial charge in [0.25, 0.3) is 0 Å². The number of ether oxygens (including phenoxy) is 1. The Morgan fingerprint density at radius 2 is 1.90 bits per heavy atom. The summed E-state index contributed by atoms with van der Waals surface area (Å²) in [5.74, 6) is 1.91. The Balaban J connectivity index is 0.00000240. The summed E-state index contributed by atoms with van der Waals surface area (Å²) in [6, 6.07) is 13.6. The third-order valence-electron chi connectivity index (χ3n) is 5.72. The molecule has 2 aromatic rings. The summed E-state index contributed by atoms with van der Waals surface area (Å²) in [4.78, 5) is 4.86. The average Bonchev–Trinajstić information content (AvgIpc) is 3.21. The lowest BCUT2D eigenvalue weighted by Crippen LogP contribution is -2.51. The molecular formula is C23H32IN3O2. The molecule has 0 saturated carbocycles. The summed E-state index contributed by atoms with van der Waals surface area (Å²) >= 11 is 0. The number of hydrogen-bond acceptors (Lipinski definition) is 3. The number of hydrogen-bond donors (Lipinski definition) is 2. The molecule has 2 heterocycles. The number of guanidine groups is 1. The SMILES string of the molecule is CC1CC(NC(=NCCc2ccco2)NC2CCc3ccccc3C2)CCO1.I. The van der Waals surface area contributed by atoms with Crippen LogP contribution in [-0.4, -0.2) is 37.3 Å². The van der Waals surface area contributed by atoms with Gasteiger partial charge in [-0.15, -0.1) is 24.0 Å². The largest absolute Gasteiger partial charge is 0.469 e.